The normalized spacial score (nSPS) is 10.1. The van der Waals surface area contributed by atoms with E-state index in [1.165, 1.54) is 11.8 Å². The number of nitrogens with one attached hydrogen (secondary N) is 2. The summed E-state index contributed by atoms with van der Waals surface area (Å²) in [6.45, 7) is 4.25. The van der Waals surface area contributed by atoms with Gasteiger partial charge in [-0.15, -0.1) is 11.3 Å². The summed E-state index contributed by atoms with van der Waals surface area (Å²) in [5.74, 6) is -0.0523. The van der Waals surface area contributed by atoms with Crippen molar-refractivity contribution < 1.29 is 4.79 Å². The van der Waals surface area contributed by atoms with Crippen molar-refractivity contribution >= 4 is 28.6 Å². The van der Waals surface area contributed by atoms with Crippen molar-refractivity contribution in [2.24, 2.45) is 0 Å². The SMILES string of the molecule is CC(=O)Nc1ccc(NCc2cncs2)cc1C. The maximum absolute atomic E-state index is 11.0. The van der Waals surface area contributed by atoms with Crippen LogP contribution in [-0.2, 0) is 11.3 Å². The van der Waals surface area contributed by atoms with E-state index < -0.39 is 0 Å². The summed E-state index contributed by atoms with van der Waals surface area (Å²) in [6, 6.07) is 5.89. The standard InChI is InChI=1S/C13H15N3OS/c1-9-5-11(3-4-13(9)16-10(2)17)15-7-12-6-14-8-18-12/h3-6,8,15H,7H2,1-2H3,(H,16,17). The maximum atomic E-state index is 11.0. The Morgan fingerprint density at radius 2 is 2.28 bits per heavy atom. The van der Waals surface area contributed by atoms with E-state index in [2.05, 4.69) is 15.6 Å². The lowest BCUT2D eigenvalue weighted by atomic mass is 10.1. The van der Waals surface area contributed by atoms with Crippen LogP contribution in [-0.4, -0.2) is 10.9 Å². The lowest BCUT2D eigenvalue weighted by Crippen LogP contribution is -2.07. The fourth-order valence-electron chi connectivity index (χ4n) is 1.62. The smallest absolute Gasteiger partial charge is 0.221 e. The number of nitrogens with zero attached hydrogens (tertiary/aromatic N) is 1. The quantitative estimate of drug-likeness (QED) is 0.889. The lowest BCUT2D eigenvalue weighted by Gasteiger charge is -2.10. The van der Waals surface area contributed by atoms with E-state index in [4.69, 9.17) is 0 Å². The van der Waals surface area contributed by atoms with Crippen LogP contribution in [0.2, 0.25) is 0 Å². The molecular weight excluding hydrogens is 246 g/mol. The van der Waals surface area contributed by atoms with Gasteiger partial charge < -0.3 is 10.6 Å². The van der Waals surface area contributed by atoms with E-state index in [0.717, 1.165) is 23.5 Å². The minimum Gasteiger partial charge on any atom is -0.380 e. The van der Waals surface area contributed by atoms with Gasteiger partial charge in [-0.25, -0.2) is 0 Å². The number of rotatable bonds is 4. The first-order chi connectivity index (χ1) is 8.65. The molecule has 2 rings (SSSR count). The molecule has 4 nitrogen and oxygen atoms in total. The third-order valence-electron chi connectivity index (χ3n) is 2.49. The molecule has 0 aliphatic carbocycles. The number of carbonyl (C=O) groups excluding carboxylic acids is 1. The Morgan fingerprint density at radius 1 is 1.44 bits per heavy atom. The average molecular weight is 261 g/mol. The van der Waals surface area contributed by atoms with Crippen molar-refractivity contribution in [2.45, 2.75) is 20.4 Å². The topological polar surface area (TPSA) is 54.0 Å². The van der Waals surface area contributed by atoms with Crippen LogP contribution in [0.1, 0.15) is 17.4 Å². The monoisotopic (exact) mass is 261 g/mol. The first kappa shape index (κ1) is 12.6. The van der Waals surface area contributed by atoms with E-state index >= 15 is 0 Å². The Balaban J connectivity index is 2.02. The molecule has 5 heteroatoms. The second-order valence-electron chi connectivity index (χ2n) is 4.03. The summed E-state index contributed by atoms with van der Waals surface area (Å²) < 4.78 is 0. The highest BCUT2D eigenvalue weighted by atomic mass is 32.1. The molecule has 0 saturated heterocycles. The van der Waals surface area contributed by atoms with Gasteiger partial charge in [0.2, 0.25) is 5.91 Å². The van der Waals surface area contributed by atoms with Gasteiger partial charge in [-0.1, -0.05) is 0 Å². The molecule has 0 spiro atoms. The molecule has 0 radical (unpaired) electrons. The minimum atomic E-state index is -0.0523. The lowest BCUT2D eigenvalue weighted by molar-refractivity contribution is -0.114. The van der Waals surface area contributed by atoms with Gasteiger partial charge in [0.1, 0.15) is 0 Å². The van der Waals surface area contributed by atoms with Gasteiger partial charge in [-0.2, -0.15) is 0 Å². The van der Waals surface area contributed by atoms with Crippen molar-refractivity contribution in [1.29, 1.82) is 0 Å². The number of carbonyl (C=O) groups is 1. The third kappa shape index (κ3) is 3.30. The molecule has 0 aliphatic rings. The number of aromatic nitrogens is 1. The number of amides is 1. The predicted molar refractivity (Wildman–Crippen MR) is 74.9 cm³/mol. The summed E-state index contributed by atoms with van der Waals surface area (Å²) in [4.78, 5) is 16.2. The van der Waals surface area contributed by atoms with Gasteiger partial charge >= 0.3 is 0 Å². The van der Waals surface area contributed by atoms with Crippen molar-refractivity contribution in [2.75, 3.05) is 10.6 Å². The highest BCUT2D eigenvalue weighted by Crippen LogP contribution is 2.20. The van der Waals surface area contributed by atoms with Crippen molar-refractivity contribution in [3.05, 3.63) is 40.3 Å². The maximum Gasteiger partial charge on any atom is 0.221 e. The van der Waals surface area contributed by atoms with E-state index in [9.17, 15) is 4.79 Å². The molecule has 1 aromatic heterocycles. The molecular formula is C13H15N3OS. The van der Waals surface area contributed by atoms with Gasteiger partial charge in [0.15, 0.2) is 0 Å². The molecule has 1 amide bonds. The summed E-state index contributed by atoms with van der Waals surface area (Å²) in [5, 5.41) is 6.12. The number of hydrogen-bond acceptors (Lipinski definition) is 4. The Morgan fingerprint density at radius 3 is 2.89 bits per heavy atom. The number of anilines is 2. The van der Waals surface area contributed by atoms with E-state index in [-0.39, 0.29) is 5.91 Å². The molecule has 1 aromatic carbocycles. The van der Waals surface area contributed by atoms with Crippen molar-refractivity contribution in [3.63, 3.8) is 0 Å². The fraction of sp³-hybridized carbons (Fsp3) is 0.231. The van der Waals surface area contributed by atoms with Crippen LogP contribution in [0.15, 0.2) is 29.9 Å². The van der Waals surface area contributed by atoms with Crippen LogP contribution in [0.5, 0.6) is 0 Å². The summed E-state index contributed by atoms with van der Waals surface area (Å²) in [7, 11) is 0. The van der Waals surface area contributed by atoms with Crippen LogP contribution in [0, 0.1) is 6.92 Å². The Hall–Kier alpha value is -1.88. The second-order valence-corrected chi connectivity index (χ2v) is 5.00. The van der Waals surface area contributed by atoms with Gasteiger partial charge in [-0.05, 0) is 30.7 Å². The number of thiazole rings is 1. The molecule has 2 aromatic rings. The van der Waals surface area contributed by atoms with Gasteiger partial charge in [0, 0.05) is 29.4 Å². The molecule has 2 N–H and O–H groups in total. The zero-order chi connectivity index (χ0) is 13.0. The number of benzene rings is 1. The molecule has 0 bridgehead atoms. The zero-order valence-corrected chi connectivity index (χ0v) is 11.2. The molecule has 0 unspecified atom stereocenters. The molecule has 0 fully saturated rings. The van der Waals surface area contributed by atoms with Crippen LogP contribution < -0.4 is 10.6 Å². The molecule has 0 saturated carbocycles. The average Bonchev–Trinajstić information content (AvgIpc) is 2.82. The molecule has 94 valence electrons. The van der Waals surface area contributed by atoms with Gasteiger partial charge in [0.05, 0.1) is 12.1 Å². The van der Waals surface area contributed by atoms with E-state index in [0.29, 0.717) is 0 Å². The van der Waals surface area contributed by atoms with Crippen molar-refractivity contribution in [3.8, 4) is 0 Å². The van der Waals surface area contributed by atoms with Gasteiger partial charge in [0.25, 0.3) is 0 Å². The van der Waals surface area contributed by atoms with E-state index in [1.807, 2.05) is 36.8 Å². The Kier molecular flexibility index (Phi) is 3.94. The zero-order valence-electron chi connectivity index (χ0n) is 10.4. The van der Waals surface area contributed by atoms with Crippen LogP contribution in [0.3, 0.4) is 0 Å². The third-order valence-corrected chi connectivity index (χ3v) is 3.27. The summed E-state index contributed by atoms with van der Waals surface area (Å²) in [5.41, 5.74) is 4.75. The summed E-state index contributed by atoms with van der Waals surface area (Å²) >= 11 is 1.63. The van der Waals surface area contributed by atoms with Crippen LogP contribution in [0.25, 0.3) is 0 Å². The van der Waals surface area contributed by atoms with Gasteiger partial charge in [-0.3, -0.25) is 9.78 Å². The van der Waals surface area contributed by atoms with E-state index in [1.54, 1.807) is 11.3 Å². The molecule has 0 atom stereocenters. The first-order valence-corrected chi connectivity index (χ1v) is 6.52. The predicted octanol–water partition coefficient (Wildman–Crippen LogP) is 3.02. The molecule has 18 heavy (non-hydrogen) atoms. The van der Waals surface area contributed by atoms with Crippen LogP contribution in [0.4, 0.5) is 11.4 Å². The van der Waals surface area contributed by atoms with Crippen molar-refractivity contribution in [1.82, 2.24) is 4.98 Å². The number of hydrogen-bond donors (Lipinski definition) is 2. The number of aryl methyl sites for hydroxylation is 1. The highest BCUT2D eigenvalue weighted by molar-refractivity contribution is 7.09. The molecule has 1 heterocycles. The molecule has 0 aliphatic heterocycles. The van der Waals surface area contributed by atoms with Crippen LogP contribution >= 0.6 is 11.3 Å². The summed E-state index contributed by atoms with van der Waals surface area (Å²) in [6.07, 6.45) is 1.86. The largest absolute Gasteiger partial charge is 0.380 e. The minimum absolute atomic E-state index is 0.0523. The fourth-order valence-corrected chi connectivity index (χ4v) is 2.16. The Bertz CT molecular complexity index is 537. The first-order valence-electron chi connectivity index (χ1n) is 5.64. The highest BCUT2D eigenvalue weighted by Gasteiger charge is 2.02. The Labute approximate surface area is 110 Å². The second kappa shape index (κ2) is 5.64.